The summed E-state index contributed by atoms with van der Waals surface area (Å²) in [6.45, 7) is 0.623. The third-order valence-corrected chi connectivity index (χ3v) is 4.73. The normalized spacial score (nSPS) is 11.4. The lowest BCUT2D eigenvalue weighted by Crippen LogP contribution is -2.15. The summed E-state index contributed by atoms with van der Waals surface area (Å²) in [6.07, 6.45) is 1.52. The second kappa shape index (κ2) is 6.74. The number of halogens is 2. The zero-order chi connectivity index (χ0) is 15.5. The van der Waals surface area contributed by atoms with E-state index in [0.717, 1.165) is 10.0 Å². The topological polar surface area (TPSA) is 71.1 Å². The summed E-state index contributed by atoms with van der Waals surface area (Å²) in [5.74, 6) is 0. The molecule has 0 saturated carbocycles. The van der Waals surface area contributed by atoms with E-state index in [1.165, 1.54) is 12.3 Å². The number of anilines is 1. The fraction of sp³-hybridized carbons (Fsp3) is 0.154. The molecule has 112 valence electrons. The zero-order valence-corrected chi connectivity index (χ0v) is 14.3. The van der Waals surface area contributed by atoms with Gasteiger partial charge in [0, 0.05) is 17.2 Å². The number of benzene rings is 1. The Bertz CT molecular complexity index is 736. The molecule has 0 radical (unpaired) electrons. The first kappa shape index (κ1) is 16.2. The number of hydrogen-bond acceptors (Lipinski definition) is 4. The van der Waals surface area contributed by atoms with Crippen molar-refractivity contribution in [3.05, 3.63) is 51.6 Å². The standard InChI is InChI=1S/C13H13BrClN3O2S/c1-16-7-9-2-5-13(17-8-9)21(19,20)18-12-6-10(14)3-4-11(12)15/h2-6,8,16,18H,7H2,1H3. The molecule has 0 aliphatic rings. The summed E-state index contributed by atoms with van der Waals surface area (Å²) in [5, 5.41) is 3.22. The van der Waals surface area contributed by atoms with Crippen molar-refractivity contribution in [1.29, 1.82) is 0 Å². The molecule has 2 aromatic rings. The van der Waals surface area contributed by atoms with Gasteiger partial charge in [-0.2, -0.15) is 8.42 Å². The number of sulfonamides is 1. The average Bonchev–Trinajstić information content (AvgIpc) is 2.44. The van der Waals surface area contributed by atoms with Gasteiger partial charge in [0.15, 0.2) is 5.03 Å². The van der Waals surface area contributed by atoms with E-state index in [1.807, 2.05) is 7.05 Å². The minimum atomic E-state index is -3.77. The lowest BCUT2D eigenvalue weighted by molar-refractivity contribution is 0.597. The van der Waals surface area contributed by atoms with Crippen molar-refractivity contribution in [1.82, 2.24) is 10.3 Å². The molecule has 1 aromatic heterocycles. The van der Waals surface area contributed by atoms with Gasteiger partial charge in [-0.1, -0.05) is 33.6 Å². The molecule has 2 N–H and O–H groups in total. The van der Waals surface area contributed by atoms with E-state index in [4.69, 9.17) is 11.6 Å². The third-order valence-electron chi connectivity index (χ3n) is 2.63. The Labute approximate surface area is 136 Å². The Kier molecular flexibility index (Phi) is 5.21. The lowest BCUT2D eigenvalue weighted by Gasteiger charge is -2.10. The van der Waals surface area contributed by atoms with Gasteiger partial charge in [0.25, 0.3) is 10.0 Å². The first-order valence-corrected chi connectivity index (χ1v) is 8.65. The van der Waals surface area contributed by atoms with Crippen LogP contribution in [0.3, 0.4) is 0 Å². The zero-order valence-electron chi connectivity index (χ0n) is 11.1. The number of aromatic nitrogens is 1. The predicted octanol–water partition coefficient (Wildman–Crippen LogP) is 3.02. The highest BCUT2D eigenvalue weighted by atomic mass is 79.9. The molecule has 0 fully saturated rings. The highest BCUT2D eigenvalue weighted by Crippen LogP contribution is 2.27. The summed E-state index contributed by atoms with van der Waals surface area (Å²) in [4.78, 5) is 3.97. The monoisotopic (exact) mass is 389 g/mol. The van der Waals surface area contributed by atoms with Crippen LogP contribution in [-0.2, 0) is 16.6 Å². The molecule has 0 amide bonds. The molecule has 1 aromatic carbocycles. The van der Waals surface area contributed by atoms with Gasteiger partial charge in [-0.3, -0.25) is 4.72 Å². The van der Waals surface area contributed by atoms with E-state index in [-0.39, 0.29) is 5.03 Å². The van der Waals surface area contributed by atoms with Gasteiger partial charge < -0.3 is 5.32 Å². The van der Waals surface area contributed by atoms with Gasteiger partial charge in [-0.05, 0) is 36.9 Å². The number of hydrogen-bond donors (Lipinski definition) is 2. The van der Waals surface area contributed by atoms with Crippen LogP contribution in [0.1, 0.15) is 5.56 Å². The molecular weight excluding hydrogens is 378 g/mol. The molecule has 0 spiro atoms. The molecule has 1 heterocycles. The minimum Gasteiger partial charge on any atom is -0.316 e. The second-order valence-corrected chi connectivity index (χ2v) is 7.22. The molecule has 0 atom stereocenters. The molecule has 0 bridgehead atoms. The first-order valence-electron chi connectivity index (χ1n) is 6.00. The summed E-state index contributed by atoms with van der Waals surface area (Å²) in [5.41, 5.74) is 1.20. The Balaban J connectivity index is 2.27. The summed E-state index contributed by atoms with van der Waals surface area (Å²) in [7, 11) is -1.96. The van der Waals surface area contributed by atoms with Crippen LogP contribution in [0.2, 0.25) is 5.02 Å². The number of rotatable bonds is 5. The maximum atomic E-state index is 12.3. The van der Waals surface area contributed by atoms with Gasteiger partial charge in [0.05, 0.1) is 10.7 Å². The molecule has 2 rings (SSSR count). The van der Waals surface area contributed by atoms with Gasteiger partial charge >= 0.3 is 0 Å². The van der Waals surface area contributed by atoms with E-state index in [1.54, 1.807) is 24.3 Å². The van der Waals surface area contributed by atoms with Crippen molar-refractivity contribution >= 4 is 43.2 Å². The van der Waals surface area contributed by atoms with Crippen LogP contribution in [0.5, 0.6) is 0 Å². The smallest absolute Gasteiger partial charge is 0.279 e. The van der Waals surface area contributed by atoms with E-state index in [0.29, 0.717) is 17.3 Å². The van der Waals surface area contributed by atoms with Gasteiger partial charge in [-0.15, -0.1) is 0 Å². The summed E-state index contributed by atoms with van der Waals surface area (Å²) < 4.78 is 27.7. The Morgan fingerprint density at radius 3 is 2.67 bits per heavy atom. The second-order valence-electron chi connectivity index (χ2n) is 4.26. The fourth-order valence-electron chi connectivity index (χ4n) is 1.65. The fourth-order valence-corrected chi connectivity index (χ4v) is 3.23. The van der Waals surface area contributed by atoms with Crippen LogP contribution in [-0.4, -0.2) is 20.4 Å². The predicted molar refractivity (Wildman–Crippen MR) is 87.0 cm³/mol. The van der Waals surface area contributed by atoms with Crippen molar-refractivity contribution in [3.63, 3.8) is 0 Å². The van der Waals surface area contributed by atoms with Crippen LogP contribution in [0.25, 0.3) is 0 Å². The number of nitrogens with zero attached hydrogens (tertiary/aromatic N) is 1. The SMILES string of the molecule is CNCc1ccc(S(=O)(=O)Nc2cc(Br)ccc2Cl)nc1. The quantitative estimate of drug-likeness (QED) is 0.823. The van der Waals surface area contributed by atoms with Gasteiger partial charge in [0.2, 0.25) is 0 Å². The van der Waals surface area contributed by atoms with Crippen molar-refractivity contribution in [2.45, 2.75) is 11.6 Å². The molecule has 0 aliphatic heterocycles. The third kappa shape index (κ3) is 4.16. The van der Waals surface area contributed by atoms with Crippen molar-refractivity contribution in [2.24, 2.45) is 0 Å². The van der Waals surface area contributed by atoms with Crippen molar-refractivity contribution < 1.29 is 8.42 Å². The van der Waals surface area contributed by atoms with Crippen LogP contribution in [0.4, 0.5) is 5.69 Å². The molecule has 0 unspecified atom stereocenters. The minimum absolute atomic E-state index is 0.0570. The van der Waals surface area contributed by atoms with Crippen LogP contribution < -0.4 is 10.0 Å². The van der Waals surface area contributed by atoms with Crippen molar-refractivity contribution in [3.8, 4) is 0 Å². The van der Waals surface area contributed by atoms with E-state index in [9.17, 15) is 8.42 Å². The van der Waals surface area contributed by atoms with Crippen LogP contribution in [0.15, 0.2) is 46.0 Å². The summed E-state index contributed by atoms with van der Waals surface area (Å²) >= 11 is 9.25. The van der Waals surface area contributed by atoms with Crippen LogP contribution >= 0.6 is 27.5 Å². The van der Waals surface area contributed by atoms with Gasteiger partial charge in [0.1, 0.15) is 0 Å². The van der Waals surface area contributed by atoms with E-state index >= 15 is 0 Å². The average molecular weight is 391 g/mol. The van der Waals surface area contributed by atoms with Crippen molar-refractivity contribution in [2.75, 3.05) is 11.8 Å². The van der Waals surface area contributed by atoms with E-state index < -0.39 is 10.0 Å². The Hall–Kier alpha value is -1.15. The molecular formula is C13H13BrClN3O2S. The largest absolute Gasteiger partial charge is 0.316 e. The molecule has 21 heavy (non-hydrogen) atoms. The number of nitrogens with one attached hydrogen (secondary N) is 2. The Morgan fingerprint density at radius 1 is 1.29 bits per heavy atom. The van der Waals surface area contributed by atoms with Crippen LogP contribution in [0, 0.1) is 0 Å². The van der Waals surface area contributed by atoms with E-state index in [2.05, 4.69) is 31.0 Å². The number of pyridine rings is 1. The highest BCUT2D eigenvalue weighted by Gasteiger charge is 2.17. The maximum Gasteiger partial charge on any atom is 0.279 e. The maximum absolute atomic E-state index is 12.3. The lowest BCUT2D eigenvalue weighted by atomic mass is 10.3. The van der Waals surface area contributed by atoms with Gasteiger partial charge in [-0.25, -0.2) is 4.98 Å². The Morgan fingerprint density at radius 2 is 2.05 bits per heavy atom. The highest BCUT2D eigenvalue weighted by molar-refractivity contribution is 9.10. The summed E-state index contributed by atoms with van der Waals surface area (Å²) in [6, 6.07) is 8.09. The molecule has 8 heteroatoms. The molecule has 0 aliphatic carbocycles. The molecule has 5 nitrogen and oxygen atoms in total. The first-order chi connectivity index (χ1) is 9.92. The molecule has 0 saturated heterocycles.